The van der Waals surface area contributed by atoms with E-state index in [2.05, 4.69) is 22.0 Å². The summed E-state index contributed by atoms with van der Waals surface area (Å²) in [5.74, 6) is 1.59. The molecule has 1 aromatic rings. The van der Waals surface area contributed by atoms with Crippen molar-refractivity contribution in [1.29, 1.82) is 0 Å². The van der Waals surface area contributed by atoms with E-state index in [0.29, 0.717) is 0 Å². The van der Waals surface area contributed by atoms with Crippen molar-refractivity contribution in [3.05, 3.63) is 22.7 Å². The van der Waals surface area contributed by atoms with Crippen molar-refractivity contribution < 1.29 is 9.47 Å². The number of fused-ring (bicyclic) bond motifs is 1. The molecule has 0 aromatic heterocycles. The molecule has 2 rings (SSSR count). The van der Waals surface area contributed by atoms with E-state index in [0.717, 1.165) is 35.6 Å². The van der Waals surface area contributed by atoms with Crippen LogP contribution in [-0.4, -0.2) is 13.2 Å². The van der Waals surface area contributed by atoms with Gasteiger partial charge >= 0.3 is 0 Å². The highest BCUT2D eigenvalue weighted by atomic mass is 79.9. The van der Waals surface area contributed by atoms with Gasteiger partial charge in [0.25, 0.3) is 0 Å². The zero-order valence-electron chi connectivity index (χ0n) is 6.47. The molecule has 1 aliphatic rings. The highest BCUT2D eigenvalue weighted by molar-refractivity contribution is 9.10. The topological polar surface area (TPSA) is 18.5 Å². The highest BCUT2D eigenvalue weighted by Gasteiger charge is 2.09. The molecule has 0 spiro atoms. The quantitative estimate of drug-likeness (QED) is 0.678. The fourth-order valence-electron chi connectivity index (χ4n) is 1.08. The van der Waals surface area contributed by atoms with Gasteiger partial charge in [-0.1, -0.05) is 15.9 Å². The largest absolute Gasteiger partial charge is 0.490 e. The molecule has 0 bridgehead atoms. The Labute approximate surface area is 79.6 Å². The van der Waals surface area contributed by atoms with Crippen molar-refractivity contribution in [3.63, 3.8) is 0 Å². The molecule has 1 aliphatic heterocycles. The second kappa shape index (κ2) is 3.35. The summed E-state index contributed by atoms with van der Waals surface area (Å²) in [7, 11) is 0. The molecule has 2 nitrogen and oxygen atoms in total. The third-order valence-electron chi connectivity index (χ3n) is 1.65. The van der Waals surface area contributed by atoms with Gasteiger partial charge < -0.3 is 9.47 Å². The molecule has 1 radical (unpaired) electrons. The van der Waals surface area contributed by atoms with Crippen LogP contribution in [0.4, 0.5) is 0 Å². The van der Waals surface area contributed by atoms with Crippen LogP contribution >= 0.6 is 15.9 Å². The number of rotatable bonds is 0. The van der Waals surface area contributed by atoms with Crippen LogP contribution in [0, 0.1) is 6.07 Å². The van der Waals surface area contributed by atoms with Crippen LogP contribution in [0.1, 0.15) is 6.42 Å². The molecule has 0 unspecified atom stereocenters. The monoisotopic (exact) mass is 227 g/mol. The predicted octanol–water partition coefficient (Wildman–Crippen LogP) is 2.41. The van der Waals surface area contributed by atoms with Crippen molar-refractivity contribution in [1.82, 2.24) is 0 Å². The van der Waals surface area contributed by atoms with Crippen molar-refractivity contribution in [3.8, 4) is 11.5 Å². The molecule has 0 amide bonds. The van der Waals surface area contributed by atoms with Gasteiger partial charge in [-0.15, -0.1) is 0 Å². The van der Waals surface area contributed by atoms with E-state index in [1.807, 2.05) is 6.07 Å². The smallest absolute Gasteiger partial charge is 0.162 e. The first-order chi connectivity index (χ1) is 5.86. The lowest BCUT2D eigenvalue weighted by Gasteiger charge is -2.05. The van der Waals surface area contributed by atoms with E-state index in [9.17, 15) is 0 Å². The maximum Gasteiger partial charge on any atom is 0.162 e. The van der Waals surface area contributed by atoms with E-state index in [1.165, 1.54) is 0 Å². The fourth-order valence-corrected chi connectivity index (χ4v) is 1.40. The fraction of sp³-hybridized carbons (Fsp3) is 0.333. The van der Waals surface area contributed by atoms with Crippen molar-refractivity contribution >= 4 is 15.9 Å². The Morgan fingerprint density at radius 1 is 1.25 bits per heavy atom. The second-order valence-corrected chi connectivity index (χ2v) is 3.41. The first kappa shape index (κ1) is 7.92. The zero-order valence-corrected chi connectivity index (χ0v) is 8.06. The minimum Gasteiger partial charge on any atom is -0.490 e. The van der Waals surface area contributed by atoms with Crippen molar-refractivity contribution in [2.24, 2.45) is 0 Å². The second-order valence-electron chi connectivity index (χ2n) is 2.56. The summed E-state index contributed by atoms with van der Waals surface area (Å²) in [6.45, 7) is 1.45. The number of ether oxygens (including phenoxy) is 2. The molecule has 12 heavy (non-hydrogen) atoms. The summed E-state index contributed by atoms with van der Waals surface area (Å²) in [6, 6.07) is 6.67. The Bertz CT molecular complexity index is 286. The van der Waals surface area contributed by atoms with Crippen LogP contribution in [0.15, 0.2) is 16.6 Å². The average Bonchev–Trinajstić information content (AvgIpc) is 2.28. The van der Waals surface area contributed by atoms with Gasteiger partial charge in [-0.25, -0.2) is 0 Å². The van der Waals surface area contributed by atoms with E-state index in [4.69, 9.17) is 9.47 Å². The van der Waals surface area contributed by atoms with E-state index >= 15 is 0 Å². The normalized spacial score (nSPS) is 15.4. The van der Waals surface area contributed by atoms with Crippen LogP contribution < -0.4 is 9.47 Å². The first-order valence-corrected chi connectivity index (χ1v) is 4.62. The van der Waals surface area contributed by atoms with Gasteiger partial charge in [-0.05, 0) is 12.1 Å². The van der Waals surface area contributed by atoms with Gasteiger partial charge in [0, 0.05) is 17.0 Å². The van der Waals surface area contributed by atoms with Crippen LogP contribution in [0.3, 0.4) is 0 Å². The minimum absolute atomic E-state index is 0.725. The zero-order chi connectivity index (χ0) is 8.39. The SMILES string of the molecule is Brc1[c]cc2c(c1)OCCCO2. The highest BCUT2D eigenvalue weighted by Crippen LogP contribution is 2.31. The molecule has 0 saturated carbocycles. The Kier molecular flexibility index (Phi) is 2.21. The number of hydrogen-bond donors (Lipinski definition) is 0. The van der Waals surface area contributed by atoms with Crippen LogP contribution in [0.25, 0.3) is 0 Å². The Hall–Kier alpha value is -0.700. The molecule has 0 N–H and O–H groups in total. The average molecular weight is 228 g/mol. The molecule has 0 aliphatic carbocycles. The van der Waals surface area contributed by atoms with E-state index < -0.39 is 0 Å². The Morgan fingerprint density at radius 3 is 2.83 bits per heavy atom. The van der Waals surface area contributed by atoms with E-state index in [1.54, 1.807) is 6.07 Å². The summed E-state index contributed by atoms with van der Waals surface area (Å²) in [5, 5.41) is 0. The number of halogens is 1. The lowest BCUT2D eigenvalue weighted by atomic mass is 10.3. The molecule has 0 saturated heterocycles. The van der Waals surface area contributed by atoms with Gasteiger partial charge in [-0.2, -0.15) is 0 Å². The predicted molar refractivity (Wildman–Crippen MR) is 48.6 cm³/mol. The number of hydrogen-bond acceptors (Lipinski definition) is 2. The lowest BCUT2D eigenvalue weighted by Crippen LogP contribution is -1.97. The molecule has 1 aromatic carbocycles. The lowest BCUT2D eigenvalue weighted by molar-refractivity contribution is 0.297. The molecule has 0 fully saturated rings. The standard InChI is InChI=1S/C9H8BrO2/c10-7-2-3-8-9(6-7)12-5-1-4-11-8/h3,6H,1,4-5H2. The third kappa shape index (κ3) is 1.55. The summed E-state index contributed by atoms with van der Waals surface area (Å²) < 4.78 is 11.8. The summed E-state index contributed by atoms with van der Waals surface area (Å²) in [4.78, 5) is 0. The van der Waals surface area contributed by atoms with Crippen molar-refractivity contribution in [2.45, 2.75) is 6.42 Å². The molecule has 1 heterocycles. The molecule has 0 atom stereocenters. The minimum atomic E-state index is 0.725. The summed E-state index contributed by atoms with van der Waals surface area (Å²) in [5.41, 5.74) is 0. The maximum absolute atomic E-state index is 5.45. The van der Waals surface area contributed by atoms with Gasteiger partial charge in [0.2, 0.25) is 0 Å². The van der Waals surface area contributed by atoms with Gasteiger partial charge in [-0.3, -0.25) is 0 Å². The van der Waals surface area contributed by atoms with E-state index in [-0.39, 0.29) is 0 Å². The molecule has 3 heteroatoms. The summed E-state index contributed by atoms with van der Waals surface area (Å²) in [6.07, 6.45) is 0.937. The van der Waals surface area contributed by atoms with Crippen LogP contribution in [0.2, 0.25) is 0 Å². The Morgan fingerprint density at radius 2 is 2.00 bits per heavy atom. The van der Waals surface area contributed by atoms with Gasteiger partial charge in [0.15, 0.2) is 11.5 Å². The Balaban J connectivity index is 2.36. The molecular formula is C9H8BrO2. The van der Waals surface area contributed by atoms with Crippen LogP contribution in [-0.2, 0) is 0 Å². The van der Waals surface area contributed by atoms with Gasteiger partial charge in [0.05, 0.1) is 13.2 Å². The van der Waals surface area contributed by atoms with Crippen molar-refractivity contribution in [2.75, 3.05) is 13.2 Å². The first-order valence-electron chi connectivity index (χ1n) is 3.83. The van der Waals surface area contributed by atoms with Gasteiger partial charge in [0.1, 0.15) is 0 Å². The maximum atomic E-state index is 5.45. The third-order valence-corrected chi connectivity index (χ3v) is 2.10. The van der Waals surface area contributed by atoms with Crippen LogP contribution in [0.5, 0.6) is 11.5 Å². The summed E-state index contributed by atoms with van der Waals surface area (Å²) >= 11 is 3.32. The molecular weight excluding hydrogens is 220 g/mol. The number of benzene rings is 1. The molecule has 63 valence electrons.